The summed E-state index contributed by atoms with van der Waals surface area (Å²) in [6.07, 6.45) is 0.929. The Balaban J connectivity index is 2.44. The molecule has 0 radical (unpaired) electrons. The largest absolute Gasteiger partial charge is 0.496 e. The first-order valence-electron chi connectivity index (χ1n) is 6.39. The van der Waals surface area contributed by atoms with Gasteiger partial charge in [-0.05, 0) is 48.7 Å². The molecule has 0 amide bonds. The topological polar surface area (TPSA) is 47.0 Å². The van der Waals surface area contributed by atoms with Crippen LogP contribution in [0.1, 0.15) is 18.1 Å². The third-order valence-electron chi connectivity index (χ3n) is 3.18. The number of methoxy groups -OCH3 is 1. The van der Waals surface area contributed by atoms with Crippen LogP contribution in [-0.4, -0.2) is 24.4 Å². The van der Waals surface area contributed by atoms with Crippen LogP contribution in [0.25, 0.3) is 11.3 Å². The van der Waals surface area contributed by atoms with Crippen molar-refractivity contribution in [1.29, 1.82) is 0 Å². The average molecular weight is 257 g/mol. The first-order chi connectivity index (χ1) is 9.19. The molecule has 2 aromatic rings. The summed E-state index contributed by atoms with van der Waals surface area (Å²) in [6.45, 7) is 4.14. The van der Waals surface area contributed by atoms with E-state index in [0.717, 1.165) is 34.8 Å². The lowest BCUT2D eigenvalue weighted by molar-refractivity contribution is 0.410. The molecule has 0 aliphatic heterocycles. The summed E-state index contributed by atoms with van der Waals surface area (Å²) in [5.41, 5.74) is 4.21. The van der Waals surface area contributed by atoms with Gasteiger partial charge in [-0.3, -0.25) is 0 Å². The highest BCUT2D eigenvalue weighted by atomic mass is 16.5. The highest BCUT2D eigenvalue weighted by molar-refractivity contribution is 5.64. The lowest BCUT2D eigenvalue weighted by Gasteiger charge is -2.10. The van der Waals surface area contributed by atoms with Crippen molar-refractivity contribution in [1.82, 2.24) is 10.2 Å². The number of benzene rings is 1. The zero-order valence-corrected chi connectivity index (χ0v) is 11.8. The van der Waals surface area contributed by atoms with Crippen LogP contribution in [0.2, 0.25) is 0 Å². The van der Waals surface area contributed by atoms with Crippen molar-refractivity contribution in [3.63, 3.8) is 0 Å². The number of aryl methyl sites for hydroxylation is 2. The molecule has 1 heterocycles. The Bertz CT molecular complexity index is 582. The second-order valence-corrected chi connectivity index (χ2v) is 4.39. The van der Waals surface area contributed by atoms with Crippen LogP contribution in [0.4, 0.5) is 5.82 Å². The van der Waals surface area contributed by atoms with Crippen LogP contribution in [-0.2, 0) is 6.42 Å². The molecular formula is C15H19N3O. The number of hydrogen-bond acceptors (Lipinski definition) is 4. The van der Waals surface area contributed by atoms with E-state index in [1.165, 1.54) is 5.56 Å². The number of rotatable bonds is 4. The Morgan fingerprint density at radius 3 is 2.58 bits per heavy atom. The second kappa shape index (κ2) is 5.69. The summed E-state index contributed by atoms with van der Waals surface area (Å²) in [7, 11) is 3.54. The van der Waals surface area contributed by atoms with Gasteiger partial charge in [0.1, 0.15) is 5.75 Å². The van der Waals surface area contributed by atoms with Crippen LogP contribution >= 0.6 is 0 Å². The van der Waals surface area contributed by atoms with Crippen molar-refractivity contribution >= 4 is 5.82 Å². The Morgan fingerprint density at radius 2 is 2.00 bits per heavy atom. The number of hydrogen-bond donors (Lipinski definition) is 1. The molecule has 19 heavy (non-hydrogen) atoms. The number of nitrogens with zero attached hydrogens (tertiary/aromatic N) is 2. The monoisotopic (exact) mass is 257 g/mol. The van der Waals surface area contributed by atoms with Crippen LogP contribution in [0.3, 0.4) is 0 Å². The maximum Gasteiger partial charge on any atom is 0.151 e. The molecule has 0 spiro atoms. The SMILES string of the molecule is CCc1cc(-c2cc(C)c(NC)nn2)ccc1OC. The van der Waals surface area contributed by atoms with Gasteiger partial charge in [0.2, 0.25) is 0 Å². The lowest BCUT2D eigenvalue weighted by atomic mass is 10.0. The summed E-state index contributed by atoms with van der Waals surface area (Å²) in [5.74, 6) is 1.73. The number of anilines is 1. The summed E-state index contributed by atoms with van der Waals surface area (Å²) >= 11 is 0. The summed E-state index contributed by atoms with van der Waals surface area (Å²) in [6, 6.07) is 8.15. The van der Waals surface area contributed by atoms with Gasteiger partial charge in [-0.2, -0.15) is 0 Å². The van der Waals surface area contributed by atoms with Crippen LogP contribution in [0, 0.1) is 6.92 Å². The molecular weight excluding hydrogens is 238 g/mol. The Kier molecular flexibility index (Phi) is 4.00. The van der Waals surface area contributed by atoms with Gasteiger partial charge in [0, 0.05) is 12.6 Å². The Hall–Kier alpha value is -2.10. The average Bonchev–Trinajstić information content (AvgIpc) is 2.46. The predicted octanol–water partition coefficient (Wildman–Crippen LogP) is 3.06. The zero-order valence-electron chi connectivity index (χ0n) is 11.8. The van der Waals surface area contributed by atoms with Gasteiger partial charge >= 0.3 is 0 Å². The van der Waals surface area contributed by atoms with E-state index in [-0.39, 0.29) is 0 Å². The minimum absolute atomic E-state index is 0.813. The number of ether oxygens (including phenoxy) is 1. The molecule has 4 nitrogen and oxygen atoms in total. The first-order valence-corrected chi connectivity index (χ1v) is 6.39. The third-order valence-corrected chi connectivity index (χ3v) is 3.18. The highest BCUT2D eigenvalue weighted by Gasteiger charge is 2.07. The molecule has 0 saturated heterocycles. The molecule has 2 rings (SSSR count). The first kappa shape index (κ1) is 13.3. The standard InChI is InChI=1S/C15H19N3O/c1-5-11-9-12(6-7-14(11)19-4)13-8-10(2)15(16-3)18-17-13/h6-9H,5H2,1-4H3,(H,16,18). The van der Waals surface area contributed by atoms with E-state index in [1.54, 1.807) is 7.11 Å². The molecule has 0 unspecified atom stereocenters. The molecule has 100 valence electrons. The van der Waals surface area contributed by atoms with Crippen LogP contribution in [0.15, 0.2) is 24.3 Å². The van der Waals surface area contributed by atoms with Gasteiger partial charge in [0.15, 0.2) is 5.82 Å². The summed E-state index contributed by atoms with van der Waals surface area (Å²) < 4.78 is 5.34. The fraction of sp³-hybridized carbons (Fsp3) is 0.333. The van der Waals surface area contributed by atoms with Gasteiger partial charge in [-0.25, -0.2) is 0 Å². The molecule has 0 saturated carbocycles. The normalized spacial score (nSPS) is 10.3. The van der Waals surface area contributed by atoms with Crippen molar-refractivity contribution in [2.45, 2.75) is 20.3 Å². The maximum absolute atomic E-state index is 5.34. The fourth-order valence-electron chi connectivity index (χ4n) is 2.09. The Morgan fingerprint density at radius 1 is 1.21 bits per heavy atom. The van der Waals surface area contributed by atoms with E-state index in [9.17, 15) is 0 Å². The number of aromatic nitrogens is 2. The van der Waals surface area contributed by atoms with Crippen LogP contribution < -0.4 is 10.1 Å². The van der Waals surface area contributed by atoms with Gasteiger partial charge < -0.3 is 10.1 Å². The van der Waals surface area contributed by atoms with Gasteiger partial charge in [-0.15, -0.1) is 10.2 Å². The molecule has 0 aliphatic carbocycles. The van der Waals surface area contributed by atoms with Crippen LogP contribution in [0.5, 0.6) is 5.75 Å². The maximum atomic E-state index is 5.34. The van der Waals surface area contributed by atoms with E-state index in [4.69, 9.17) is 4.74 Å². The van der Waals surface area contributed by atoms with E-state index in [2.05, 4.69) is 28.5 Å². The van der Waals surface area contributed by atoms with Gasteiger partial charge in [0.25, 0.3) is 0 Å². The van der Waals surface area contributed by atoms with Gasteiger partial charge in [-0.1, -0.05) is 6.92 Å². The second-order valence-electron chi connectivity index (χ2n) is 4.39. The Labute approximate surface area is 113 Å². The van der Waals surface area contributed by atoms with Crippen molar-refractivity contribution in [2.24, 2.45) is 0 Å². The number of nitrogens with one attached hydrogen (secondary N) is 1. The molecule has 1 N–H and O–H groups in total. The molecule has 0 aliphatic rings. The molecule has 0 atom stereocenters. The van der Waals surface area contributed by atoms with E-state index in [0.29, 0.717) is 0 Å². The van der Waals surface area contributed by atoms with Crippen molar-refractivity contribution in [3.05, 3.63) is 35.4 Å². The highest BCUT2D eigenvalue weighted by Crippen LogP contribution is 2.26. The van der Waals surface area contributed by atoms with Crippen molar-refractivity contribution in [3.8, 4) is 17.0 Å². The third kappa shape index (κ3) is 2.67. The lowest BCUT2D eigenvalue weighted by Crippen LogP contribution is -1.99. The van der Waals surface area contributed by atoms with Gasteiger partial charge in [0.05, 0.1) is 12.8 Å². The molecule has 1 aromatic carbocycles. The molecule has 1 aromatic heterocycles. The summed E-state index contributed by atoms with van der Waals surface area (Å²) in [4.78, 5) is 0. The van der Waals surface area contributed by atoms with E-state index < -0.39 is 0 Å². The van der Waals surface area contributed by atoms with Crippen molar-refractivity contribution < 1.29 is 4.74 Å². The quantitative estimate of drug-likeness (QED) is 0.914. The van der Waals surface area contributed by atoms with Crippen molar-refractivity contribution in [2.75, 3.05) is 19.5 Å². The zero-order chi connectivity index (χ0) is 13.8. The van der Waals surface area contributed by atoms with E-state index in [1.807, 2.05) is 32.2 Å². The molecule has 4 heteroatoms. The smallest absolute Gasteiger partial charge is 0.151 e. The molecule has 0 fully saturated rings. The minimum Gasteiger partial charge on any atom is -0.496 e. The summed E-state index contributed by atoms with van der Waals surface area (Å²) in [5, 5.41) is 11.5. The predicted molar refractivity (Wildman–Crippen MR) is 77.7 cm³/mol. The molecule has 0 bridgehead atoms. The minimum atomic E-state index is 0.813. The fourth-order valence-corrected chi connectivity index (χ4v) is 2.09. The van der Waals surface area contributed by atoms with E-state index >= 15 is 0 Å².